The van der Waals surface area contributed by atoms with Crippen molar-refractivity contribution in [2.24, 2.45) is 0 Å². The van der Waals surface area contributed by atoms with Crippen LogP contribution in [-0.4, -0.2) is 19.8 Å². The molecule has 0 aromatic heterocycles. The fourth-order valence-corrected chi connectivity index (χ4v) is 1.32. The molecule has 64 valence electrons. The van der Waals surface area contributed by atoms with E-state index in [4.69, 9.17) is 0 Å². The molecule has 0 radical (unpaired) electrons. The second-order valence-corrected chi connectivity index (χ2v) is 2.75. The van der Waals surface area contributed by atoms with Gasteiger partial charge in [0.05, 0.1) is 6.54 Å². The zero-order valence-corrected chi connectivity index (χ0v) is 9.08. The molecule has 0 saturated heterocycles. The minimum absolute atomic E-state index is 0. The predicted molar refractivity (Wildman–Crippen MR) is 46.4 cm³/mol. The number of fused-ring (bicyclic) bond motifs is 1. The minimum Gasteiger partial charge on any atom is -1.00 e. The number of benzene rings is 1. The van der Waals surface area contributed by atoms with Gasteiger partial charge >= 0.3 is 0 Å². The highest BCUT2D eigenvalue weighted by Gasteiger charge is 2.13. The lowest BCUT2D eigenvalue weighted by Crippen LogP contribution is -3.00. The Morgan fingerprint density at radius 3 is 2.83 bits per heavy atom. The molecule has 0 saturated carbocycles. The summed E-state index contributed by atoms with van der Waals surface area (Å²) >= 11 is 0. The Bertz CT molecular complexity index is 296. The van der Waals surface area contributed by atoms with Gasteiger partial charge in [0, 0.05) is 13.1 Å². The van der Waals surface area contributed by atoms with Gasteiger partial charge < -0.3 is 28.9 Å². The van der Waals surface area contributed by atoms with E-state index >= 15 is 0 Å². The smallest absolute Gasteiger partial charge is 0.226 e. The standard InChI is InChI=1S/C9H10N2.HI/c1-11-7-6-10-8-4-2-3-5-9(8)11;/h2-6H,7H2,1H3;1H. The molecule has 1 heterocycles. The first-order valence-corrected chi connectivity index (χ1v) is 3.76. The molecule has 1 aliphatic heterocycles. The number of nitrogens with one attached hydrogen (secondary N) is 1. The molecule has 0 amide bonds. The molecule has 12 heavy (non-hydrogen) atoms. The van der Waals surface area contributed by atoms with E-state index in [2.05, 4.69) is 41.4 Å². The van der Waals surface area contributed by atoms with Gasteiger partial charge in [0.15, 0.2) is 6.21 Å². The van der Waals surface area contributed by atoms with Crippen LogP contribution in [0.25, 0.3) is 0 Å². The quantitative estimate of drug-likeness (QED) is 0.497. The SMILES string of the molecule is CN1CC=[NH+]c2ccccc21.[I-]. The summed E-state index contributed by atoms with van der Waals surface area (Å²) in [5.74, 6) is 0. The van der Waals surface area contributed by atoms with E-state index in [1.807, 2.05) is 6.07 Å². The Hall–Kier alpha value is -0.580. The molecule has 3 heteroatoms. The largest absolute Gasteiger partial charge is 1.00 e. The maximum absolute atomic E-state index is 3.23. The summed E-state index contributed by atoms with van der Waals surface area (Å²) in [6.45, 7) is 0.969. The molecular formula is C9H11IN2. The normalized spacial score (nSPS) is 13.6. The van der Waals surface area contributed by atoms with E-state index in [-0.39, 0.29) is 24.0 Å². The van der Waals surface area contributed by atoms with Crippen molar-refractivity contribution in [3.8, 4) is 0 Å². The third kappa shape index (κ3) is 1.60. The molecule has 0 atom stereocenters. The summed E-state index contributed by atoms with van der Waals surface area (Å²) in [5, 5.41) is 0. The van der Waals surface area contributed by atoms with E-state index in [1.165, 1.54) is 11.4 Å². The van der Waals surface area contributed by atoms with Crippen molar-refractivity contribution < 1.29 is 29.0 Å². The third-order valence-electron chi connectivity index (χ3n) is 1.94. The molecule has 0 fully saturated rings. The van der Waals surface area contributed by atoms with Crippen molar-refractivity contribution in [1.82, 2.24) is 0 Å². The summed E-state index contributed by atoms with van der Waals surface area (Å²) in [7, 11) is 2.09. The highest BCUT2D eigenvalue weighted by molar-refractivity contribution is 5.72. The van der Waals surface area contributed by atoms with Crippen molar-refractivity contribution in [2.45, 2.75) is 0 Å². The predicted octanol–water partition coefficient (Wildman–Crippen LogP) is -3.08. The van der Waals surface area contributed by atoms with Crippen LogP contribution in [-0.2, 0) is 0 Å². The molecule has 1 N–H and O–H groups in total. The molecule has 1 aliphatic rings. The number of rotatable bonds is 0. The monoisotopic (exact) mass is 274 g/mol. The Morgan fingerprint density at radius 1 is 1.33 bits per heavy atom. The average Bonchev–Trinajstić information content (AvgIpc) is 2.06. The average molecular weight is 274 g/mol. The molecule has 2 nitrogen and oxygen atoms in total. The second kappa shape index (κ2) is 3.89. The summed E-state index contributed by atoms with van der Waals surface area (Å²) in [5.41, 5.74) is 2.47. The number of hydrogen-bond acceptors (Lipinski definition) is 1. The van der Waals surface area contributed by atoms with E-state index in [0.717, 1.165) is 6.54 Å². The lowest BCUT2D eigenvalue weighted by atomic mass is 10.2. The zero-order chi connectivity index (χ0) is 7.68. The maximum atomic E-state index is 3.23. The van der Waals surface area contributed by atoms with Gasteiger partial charge in [-0.25, -0.2) is 4.99 Å². The Kier molecular flexibility index (Phi) is 3.08. The van der Waals surface area contributed by atoms with Crippen molar-refractivity contribution in [2.75, 3.05) is 18.5 Å². The highest BCUT2D eigenvalue weighted by Crippen LogP contribution is 2.19. The van der Waals surface area contributed by atoms with Gasteiger partial charge in [0.25, 0.3) is 0 Å². The molecule has 0 spiro atoms. The van der Waals surface area contributed by atoms with Crippen molar-refractivity contribution in [1.29, 1.82) is 0 Å². The van der Waals surface area contributed by atoms with Crippen LogP contribution in [0.4, 0.5) is 11.4 Å². The maximum Gasteiger partial charge on any atom is 0.226 e. The Balaban J connectivity index is 0.000000720. The number of halogens is 1. The highest BCUT2D eigenvalue weighted by atomic mass is 127. The number of para-hydroxylation sites is 2. The van der Waals surface area contributed by atoms with Crippen LogP contribution < -0.4 is 33.9 Å². The lowest BCUT2D eigenvalue weighted by Gasteiger charge is -2.17. The van der Waals surface area contributed by atoms with Crippen LogP contribution in [0.3, 0.4) is 0 Å². The van der Waals surface area contributed by atoms with E-state index in [9.17, 15) is 0 Å². The Labute approximate surface area is 89.3 Å². The summed E-state index contributed by atoms with van der Waals surface area (Å²) in [6.07, 6.45) is 2.06. The molecule has 0 aliphatic carbocycles. The Morgan fingerprint density at radius 2 is 2.08 bits per heavy atom. The van der Waals surface area contributed by atoms with Gasteiger partial charge in [-0.05, 0) is 6.07 Å². The van der Waals surface area contributed by atoms with Gasteiger partial charge in [0.1, 0.15) is 5.69 Å². The third-order valence-corrected chi connectivity index (χ3v) is 1.94. The van der Waals surface area contributed by atoms with Crippen molar-refractivity contribution in [3.63, 3.8) is 0 Å². The first-order valence-electron chi connectivity index (χ1n) is 3.76. The van der Waals surface area contributed by atoms with Gasteiger partial charge in [0.2, 0.25) is 5.69 Å². The van der Waals surface area contributed by atoms with Gasteiger partial charge in [-0.2, -0.15) is 0 Å². The fourth-order valence-electron chi connectivity index (χ4n) is 1.32. The fraction of sp³-hybridized carbons (Fsp3) is 0.222. The first-order chi connectivity index (χ1) is 5.38. The topological polar surface area (TPSA) is 17.2 Å². The van der Waals surface area contributed by atoms with Crippen LogP contribution >= 0.6 is 0 Å². The molecule has 1 aromatic carbocycles. The first kappa shape index (κ1) is 9.51. The van der Waals surface area contributed by atoms with Crippen LogP contribution in [0.5, 0.6) is 0 Å². The van der Waals surface area contributed by atoms with Crippen LogP contribution in [0.2, 0.25) is 0 Å². The number of nitrogens with zero attached hydrogens (tertiary/aromatic N) is 1. The van der Waals surface area contributed by atoms with Crippen molar-refractivity contribution >= 4 is 17.6 Å². The zero-order valence-electron chi connectivity index (χ0n) is 6.92. The van der Waals surface area contributed by atoms with Gasteiger partial charge in [-0.1, -0.05) is 12.1 Å². The number of anilines is 1. The van der Waals surface area contributed by atoms with E-state index in [1.54, 1.807) is 0 Å². The van der Waals surface area contributed by atoms with Crippen LogP contribution in [0.1, 0.15) is 0 Å². The second-order valence-electron chi connectivity index (χ2n) is 2.75. The van der Waals surface area contributed by atoms with Crippen LogP contribution in [0.15, 0.2) is 24.3 Å². The summed E-state index contributed by atoms with van der Waals surface area (Å²) < 4.78 is 0. The van der Waals surface area contributed by atoms with E-state index in [0.29, 0.717) is 0 Å². The summed E-state index contributed by atoms with van der Waals surface area (Å²) in [6, 6.07) is 8.30. The molecule has 0 unspecified atom stereocenters. The van der Waals surface area contributed by atoms with Gasteiger partial charge in [-0.15, -0.1) is 0 Å². The summed E-state index contributed by atoms with van der Waals surface area (Å²) in [4.78, 5) is 5.44. The molecule has 0 bridgehead atoms. The van der Waals surface area contributed by atoms with Gasteiger partial charge in [-0.3, -0.25) is 0 Å². The number of hydrogen-bond donors (Lipinski definition) is 1. The van der Waals surface area contributed by atoms with Crippen molar-refractivity contribution in [3.05, 3.63) is 24.3 Å². The minimum atomic E-state index is 0. The molecule has 1 aromatic rings. The molecular weight excluding hydrogens is 263 g/mol. The van der Waals surface area contributed by atoms with Crippen LogP contribution in [0, 0.1) is 0 Å². The lowest BCUT2D eigenvalue weighted by molar-refractivity contribution is -0.349. The van der Waals surface area contributed by atoms with E-state index < -0.39 is 0 Å². The molecule has 2 rings (SSSR count).